The first-order valence-electron chi connectivity index (χ1n) is 6.31. The van der Waals surface area contributed by atoms with Crippen molar-refractivity contribution in [1.29, 1.82) is 0 Å². The van der Waals surface area contributed by atoms with Crippen LogP contribution in [0.25, 0.3) is 0 Å². The van der Waals surface area contributed by atoms with Crippen LogP contribution >= 0.6 is 0 Å². The molecule has 90 valence electrons. The molecule has 2 aliphatic carbocycles. The van der Waals surface area contributed by atoms with E-state index in [0.29, 0.717) is 0 Å². The van der Waals surface area contributed by atoms with Gasteiger partial charge in [0.05, 0.1) is 0 Å². The number of hydrogen-bond donors (Lipinski definition) is 1. The van der Waals surface area contributed by atoms with Crippen LogP contribution in [-0.2, 0) is 4.74 Å². The maximum atomic E-state index is 11.9. The van der Waals surface area contributed by atoms with Crippen LogP contribution < -0.4 is 0 Å². The van der Waals surface area contributed by atoms with Crippen LogP contribution in [0.15, 0.2) is 0 Å². The van der Waals surface area contributed by atoms with Crippen LogP contribution in [0.2, 0.25) is 0 Å². The van der Waals surface area contributed by atoms with Crippen molar-refractivity contribution in [3.8, 4) is 0 Å². The summed E-state index contributed by atoms with van der Waals surface area (Å²) in [6.45, 7) is 1.75. The standard InChI is InChI=1S/C12H19NO3/c1-11(15)12(7-3-2-4-8-12)16-10(14)13(11)9-5-6-9/h9,15H,2-8H2,1H3/t11-/m1/s1. The quantitative estimate of drug-likeness (QED) is 0.742. The molecule has 0 aromatic rings. The van der Waals surface area contributed by atoms with Gasteiger partial charge in [0.15, 0.2) is 11.3 Å². The molecule has 0 aromatic heterocycles. The second kappa shape index (κ2) is 3.13. The fourth-order valence-corrected chi connectivity index (χ4v) is 3.25. The Morgan fingerprint density at radius 3 is 2.50 bits per heavy atom. The molecule has 16 heavy (non-hydrogen) atoms. The lowest BCUT2D eigenvalue weighted by Crippen LogP contribution is -2.57. The highest BCUT2D eigenvalue weighted by Crippen LogP contribution is 2.50. The van der Waals surface area contributed by atoms with Gasteiger partial charge in [0.25, 0.3) is 0 Å². The molecule has 0 unspecified atom stereocenters. The molecule has 1 heterocycles. The Bertz CT molecular complexity index is 316. The maximum absolute atomic E-state index is 11.9. The van der Waals surface area contributed by atoms with Crippen LogP contribution in [0.4, 0.5) is 4.79 Å². The van der Waals surface area contributed by atoms with Crippen molar-refractivity contribution in [3.63, 3.8) is 0 Å². The minimum Gasteiger partial charge on any atom is -0.438 e. The number of rotatable bonds is 1. The Morgan fingerprint density at radius 1 is 1.31 bits per heavy atom. The zero-order chi connectivity index (χ0) is 11.4. The molecular formula is C12H19NO3. The van der Waals surface area contributed by atoms with Crippen molar-refractivity contribution >= 4 is 6.09 Å². The number of amides is 1. The molecule has 3 aliphatic rings. The Morgan fingerprint density at radius 2 is 1.94 bits per heavy atom. The summed E-state index contributed by atoms with van der Waals surface area (Å²) in [4.78, 5) is 13.5. The highest BCUT2D eigenvalue weighted by Gasteiger charge is 2.64. The molecule has 2 saturated carbocycles. The van der Waals surface area contributed by atoms with E-state index >= 15 is 0 Å². The van der Waals surface area contributed by atoms with Crippen LogP contribution in [0.3, 0.4) is 0 Å². The summed E-state index contributed by atoms with van der Waals surface area (Å²) >= 11 is 0. The predicted molar refractivity (Wildman–Crippen MR) is 57.8 cm³/mol. The van der Waals surface area contributed by atoms with E-state index in [9.17, 15) is 9.90 Å². The van der Waals surface area contributed by atoms with E-state index < -0.39 is 11.3 Å². The lowest BCUT2D eigenvalue weighted by molar-refractivity contribution is -0.160. The third-order valence-corrected chi connectivity index (χ3v) is 4.38. The molecule has 4 heteroatoms. The third kappa shape index (κ3) is 1.22. The zero-order valence-corrected chi connectivity index (χ0v) is 9.74. The Balaban J connectivity index is 1.92. The smallest absolute Gasteiger partial charge is 0.413 e. The van der Waals surface area contributed by atoms with Gasteiger partial charge in [-0.05, 0) is 45.4 Å². The largest absolute Gasteiger partial charge is 0.438 e. The normalized spacial score (nSPS) is 37.9. The summed E-state index contributed by atoms with van der Waals surface area (Å²) in [7, 11) is 0. The highest BCUT2D eigenvalue weighted by molar-refractivity contribution is 5.73. The highest BCUT2D eigenvalue weighted by atomic mass is 16.6. The predicted octanol–water partition coefficient (Wildman–Crippen LogP) is 2.01. The fraction of sp³-hybridized carbons (Fsp3) is 0.917. The van der Waals surface area contributed by atoms with E-state index in [1.807, 2.05) is 0 Å². The van der Waals surface area contributed by atoms with Crippen molar-refractivity contribution in [2.75, 3.05) is 0 Å². The number of aliphatic hydroxyl groups is 1. The zero-order valence-electron chi connectivity index (χ0n) is 9.74. The number of ether oxygens (including phenoxy) is 1. The monoisotopic (exact) mass is 225 g/mol. The molecule has 0 bridgehead atoms. The molecule has 1 spiro atoms. The summed E-state index contributed by atoms with van der Waals surface area (Å²) in [5.74, 6) is 0. The molecule has 1 saturated heterocycles. The molecule has 1 aliphatic heterocycles. The third-order valence-electron chi connectivity index (χ3n) is 4.38. The van der Waals surface area contributed by atoms with Gasteiger partial charge in [0.2, 0.25) is 0 Å². The van der Waals surface area contributed by atoms with Crippen LogP contribution in [0, 0.1) is 0 Å². The summed E-state index contributed by atoms with van der Waals surface area (Å²) in [6, 6.07) is 0.212. The van der Waals surface area contributed by atoms with Gasteiger partial charge in [0.1, 0.15) is 0 Å². The average Bonchev–Trinajstić information content (AvgIpc) is 3.00. The van der Waals surface area contributed by atoms with Crippen molar-refractivity contribution in [3.05, 3.63) is 0 Å². The first kappa shape index (κ1) is 10.4. The first-order chi connectivity index (χ1) is 7.57. The van der Waals surface area contributed by atoms with Gasteiger partial charge < -0.3 is 9.84 Å². The SMILES string of the molecule is C[C@]1(O)N(C2CC2)C(=O)OC12CCCCC2. The van der Waals surface area contributed by atoms with E-state index in [2.05, 4.69) is 0 Å². The average molecular weight is 225 g/mol. The van der Waals surface area contributed by atoms with E-state index in [1.54, 1.807) is 11.8 Å². The van der Waals surface area contributed by atoms with Crippen LogP contribution in [0.5, 0.6) is 0 Å². The van der Waals surface area contributed by atoms with Crippen molar-refractivity contribution in [2.45, 2.75) is 69.2 Å². The Labute approximate surface area is 95.6 Å². The lowest BCUT2D eigenvalue weighted by atomic mass is 9.77. The minimum atomic E-state index is -1.11. The van der Waals surface area contributed by atoms with E-state index in [1.165, 1.54) is 6.42 Å². The summed E-state index contributed by atoms with van der Waals surface area (Å²) in [6.07, 6.45) is 6.56. The first-order valence-corrected chi connectivity index (χ1v) is 6.31. The van der Waals surface area contributed by atoms with Gasteiger partial charge in [-0.15, -0.1) is 0 Å². The second-order valence-electron chi connectivity index (χ2n) is 5.54. The molecule has 1 atom stereocenters. The van der Waals surface area contributed by atoms with Crippen LogP contribution in [0.1, 0.15) is 51.9 Å². The number of carbonyl (C=O) groups excluding carboxylic acids is 1. The van der Waals surface area contributed by atoms with E-state index in [4.69, 9.17) is 4.74 Å². The van der Waals surface area contributed by atoms with Crippen molar-refractivity contribution in [1.82, 2.24) is 4.90 Å². The van der Waals surface area contributed by atoms with Crippen molar-refractivity contribution < 1.29 is 14.6 Å². The van der Waals surface area contributed by atoms with E-state index in [0.717, 1.165) is 38.5 Å². The summed E-state index contributed by atoms with van der Waals surface area (Å²) < 4.78 is 5.56. The molecule has 3 fully saturated rings. The van der Waals surface area contributed by atoms with Gasteiger partial charge >= 0.3 is 6.09 Å². The molecule has 4 nitrogen and oxygen atoms in total. The molecule has 0 aromatic carbocycles. The summed E-state index contributed by atoms with van der Waals surface area (Å²) in [5.41, 5.74) is -1.74. The lowest BCUT2D eigenvalue weighted by Gasteiger charge is -2.42. The maximum Gasteiger partial charge on any atom is 0.413 e. The molecule has 3 rings (SSSR count). The Hall–Kier alpha value is -0.770. The summed E-state index contributed by atoms with van der Waals surface area (Å²) in [5, 5.41) is 10.7. The molecule has 0 radical (unpaired) electrons. The molecule has 1 amide bonds. The van der Waals surface area contributed by atoms with Gasteiger partial charge in [-0.25, -0.2) is 4.79 Å². The number of hydrogen-bond acceptors (Lipinski definition) is 3. The number of nitrogens with zero attached hydrogens (tertiary/aromatic N) is 1. The van der Waals surface area contributed by atoms with Gasteiger partial charge in [-0.1, -0.05) is 6.42 Å². The van der Waals surface area contributed by atoms with Gasteiger partial charge in [-0.3, -0.25) is 4.90 Å². The minimum absolute atomic E-state index is 0.212. The van der Waals surface area contributed by atoms with E-state index in [-0.39, 0.29) is 12.1 Å². The second-order valence-corrected chi connectivity index (χ2v) is 5.54. The molecule has 1 N–H and O–H groups in total. The fourth-order valence-electron chi connectivity index (χ4n) is 3.25. The Kier molecular flexibility index (Phi) is 2.03. The van der Waals surface area contributed by atoms with Gasteiger partial charge in [-0.2, -0.15) is 0 Å². The van der Waals surface area contributed by atoms with Crippen molar-refractivity contribution in [2.24, 2.45) is 0 Å². The molecular weight excluding hydrogens is 206 g/mol. The van der Waals surface area contributed by atoms with Crippen LogP contribution in [-0.4, -0.2) is 33.5 Å². The number of carbonyl (C=O) groups is 1. The topological polar surface area (TPSA) is 49.8 Å². The van der Waals surface area contributed by atoms with Gasteiger partial charge in [0, 0.05) is 6.04 Å².